The largest absolute Gasteiger partial charge is 0.322 e. The van der Waals surface area contributed by atoms with Crippen molar-refractivity contribution in [2.75, 3.05) is 6.67 Å². The summed E-state index contributed by atoms with van der Waals surface area (Å²) in [6.07, 6.45) is 0. The zero-order valence-electron chi connectivity index (χ0n) is 6.34. The lowest BCUT2D eigenvalue weighted by Gasteiger charge is -2.08. The van der Waals surface area contributed by atoms with Gasteiger partial charge in [0.15, 0.2) is 0 Å². The lowest BCUT2D eigenvalue weighted by atomic mass is 10.1. The lowest BCUT2D eigenvalue weighted by Crippen LogP contribution is -2.12. The van der Waals surface area contributed by atoms with Crippen molar-refractivity contribution < 1.29 is 4.39 Å². The van der Waals surface area contributed by atoms with Gasteiger partial charge in [0.2, 0.25) is 0 Å². The Bertz CT molecular complexity index is 244. The Hall–Kier alpha value is -0.120. The van der Waals surface area contributed by atoms with E-state index in [-0.39, 0.29) is 12.4 Å². The number of alkyl halides is 1. The number of halogens is 3. The van der Waals surface area contributed by atoms with Gasteiger partial charge in [-0.15, -0.1) is 12.4 Å². The van der Waals surface area contributed by atoms with E-state index >= 15 is 0 Å². The predicted molar refractivity (Wildman–Crippen MR) is 54.3 cm³/mol. The highest BCUT2D eigenvalue weighted by atomic mass is 79.9. The van der Waals surface area contributed by atoms with Crippen molar-refractivity contribution in [2.45, 2.75) is 6.04 Å². The van der Waals surface area contributed by atoms with Crippen LogP contribution in [0, 0.1) is 0 Å². The smallest absolute Gasteiger partial charge is 0.109 e. The molecule has 0 bridgehead atoms. The zero-order chi connectivity index (χ0) is 8.27. The van der Waals surface area contributed by atoms with E-state index in [2.05, 4.69) is 15.9 Å². The van der Waals surface area contributed by atoms with Gasteiger partial charge in [-0.25, -0.2) is 4.39 Å². The lowest BCUT2D eigenvalue weighted by molar-refractivity contribution is 0.436. The molecule has 68 valence electrons. The highest BCUT2D eigenvalue weighted by Gasteiger charge is 2.07. The minimum absolute atomic E-state index is 0. The maximum absolute atomic E-state index is 12.1. The Morgan fingerprint density at radius 3 is 2.50 bits per heavy atom. The van der Waals surface area contributed by atoms with Gasteiger partial charge in [-0.05, 0) is 11.6 Å². The van der Waals surface area contributed by atoms with Crippen molar-refractivity contribution in [1.29, 1.82) is 0 Å². The monoisotopic (exact) mass is 253 g/mol. The van der Waals surface area contributed by atoms with E-state index in [1.54, 1.807) is 0 Å². The van der Waals surface area contributed by atoms with E-state index in [1.165, 1.54) is 0 Å². The van der Waals surface area contributed by atoms with Gasteiger partial charge < -0.3 is 5.73 Å². The van der Waals surface area contributed by atoms with Crippen LogP contribution in [-0.4, -0.2) is 6.67 Å². The SMILES string of the molecule is Cl.N[C@@H](CF)c1ccccc1Br. The second-order valence-electron chi connectivity index (χ2n) is 2.28. The summed E-state index contributed by atoms with van der Waals surface area (Å²) < 4.78 is 13.0. The maximum atomic E-state index is 12.1. The van der Waals surface area contributed by atoms with E-state index in [0.29, 0.717) is 0 Å². The molecular formula is C8H10BrClFN. The second kappa shape index (κ2) is 5.51. The van der Waals surface area contributed by atoms with Crippen molar-refractivity contribution in [3.8, 4) is 0 Å². The first-order valence-electron chi connectivity index (χ1n) is 3.31. The average molecular weight is 255 g/mol. The van der Waals surface area contributed by atoms with Crippen LogP contribution in [0.2, 0.25) is 0 Å². The van der Waals surface area contributed by atoms with Crippen LogP contribution >= 0.6 is 28.3 Å². The van der Waals surface area contributed by atoms with Gasteiger partial charge in [0, 0.05) is 4.47 Å². The third-order valence-corrected chi connectivity index (χ3v) is 2.19. The van der Waals surface area contributed by atoms with Gasteiger partial charge in [-0.3, -0.25) is 0 Å². The van der Waals surface area contributed by atoms with Gasteiger partial charge in [0.05, 0.1) is 6.04 Å². The molecule has 0 fully saturated rings. The normalized spacial score (nSPS) is 11.9. The zero-order valence-corrected chi connectivity index (χ0v) is 8.74. The fourth-order valence-electron chi connectivity index (χ4n) is 0.859. The molecule has 2 N–H and O–H groups in total. The number of benzene rings is 1. The van der Waals surface area contributed by atoms with Crippen LogP contribution in [0.4, 0.5) is 4.39 Å². The van der Waals surface area contributed by atoms with Crippen LogP contribution in [-0.2, 0) is 0 Å². The molecule has 0 aromatic heterocycles. The fraction of sp³-hybridized carbons (Fsp3) is 0.250. The fourth-order valence-corrected chi connectivity index (χ4v) is 1.44. The van der Waals surface area contributed by atoms with Crippen molar-refractivity contribution in [3.05, 3.63) is 34.3 Å². The first-order valence-corrected chi connectivity index (χ1v) is 4.11. The molecule has 0 aliphatic heterocycles. The van der Waals surface area contributed by atoms with Crippen LogP contribution in [0.15, 0.2) is 28.7 Å². The quantitative estimate of drug-likeness (QED) is 0.863. The first kappa shape index (κ1) is 11.9. The third kappa shape index (κ3) is 2.73. The molecule has 0 aliphatic carbocycles. The minimum atomic E-state index is -0.525. The molecule has 12 heavy (non-hydrogen) atoms. The van der Waals surface area contributed by atoms with Crippen LogP contribution in [0.1, 0.15) is 11.6 Å². The molecule has 0 saturated carbocycles. The van der Waals surface area contributed by atoms with Gasteiger partial charge in [0.1, 0.15) is 6.67 Å². The topological polar surface area (TPSA) is 26.0 Å². The van der Waals surface area contributed by atoms with Crippen LogP contribution < -0.4 is 5.73 Å². The van der Waals surface area contributed by atoms with E-state index in [1.807, 2.05) is 24.3 Å². The summed E-state index contributed by atoms with van der Waals surface area (Å²) in [5.74, 6) is 0. The molecule has 0 spiro atoms. The standard InChI is InChI=1S/C8H9BrFN.ClH/c9-7-4-2-1-3-6(7)8(11)5-10;/h1-4,8H,5,11H2;1H/t8-;/m0./s1. The molecule has 0 heterocycles. The second-order valence-corrected chi connectivity index (χ2v) is 3.14. The first-order chi connectivity index (χ1) is 5.25. The molecule has 1 aromatic carbocycles. The number of hydrogen-bond donors (Lipinski definition) is 1. The molecule has 0 unspecified atom stereocenters. The van der Waals surface area contributed by atoms with E-state index in [0.717, 1.165) is 10.0 Å². The van der Waals surface area contributed by atoms with E-state index < -0.39 is 12.7 Å². The van der Waals surface area contributed by atoms with Crippen molar-refractivity contribution in [3.63, 3.8) is 0 Å². The van der Waals surface area contributed by atoms with Gasteiger partial charge in [0.25, 0.3) is 0 Å². The molecule has 0 radical (unpaired) electrons. The molecule has 1 aromatic rings. The average Bonchev–Trinajstić information content (AvgIpc) is 2.04. The Balaban J connectivity index is 0.00000121. The molecule has 1 rings (SSSR count). The summed E-state index contributed by atoms with van der Waals surface area (Å²) in [6, 6.07) is 6.87. The molecule has 0 saturated heterocycles. The Labute approximate surface area is 85.7 Å². The number of rotatable bonds is 2. The van der Waals surface area contributed by atoms with Crippen LogP contribution in [0.5, 0.6) is 0 Å². The minimum Gasteiger partial charge on any atom is -0.322 e. The van der Waals surface area contributed by atoms with Crippen molar-refractivity contribution in [2.24, 2.45) is 5.73 Å². The predicted octanol–water partition coefficient (Wildman–Crippen LogP) is 2.84. The summed E-state index contributed by atoms with van der Waals surface area (Å²) in [7, 11) is 0. The van der Waals surface area contributed by atoms with Gasteiger partial charge in [-0.1, -0.05) is 34.1 Å². The summed E-state index contributed by atoms with van der Waals surface area (Å²) in [5, 5.41) is 0. The summed E-state index contributed by atoms with van der Waals surface area (Å²) in [4.78, 5) is 0. The molecule has 0 amide bonds. The van der Waals surface area contributed by atoms with Crippen LogP contribution in [0.25, 0.3) is 0 Å². The number of nitrogens with two attached hydrogens (primary N) is 1. The van der Waals surface area contributed by atoms with Crippen molar-refractivity contribution in [1.82, 2.24) is 0 Å². The molecule has 1 nitrogen and oxygen atoms in total. The third-order valence-electron chi connectivity index (χ3n) is 1.47. The molecule has 0 aliphatic rings. The van der Waals surface area contributed by atoms with Gasteiger partial charge in [-0.2, -0.15) is 0 Å². The van der Waals surface area contributed by atoms with Crippen LogP contribution in [0.3, 0.4) is 0 Å². The summed E-state index contributed by atoms with van der Waals surface area (Å²) in [6.45, 7) is -0.525. The molecular weight excluding hydrogens is 244 g/mol. The maximum Gasteiger partial charge on any atom is 0.109 e. The van der Waals surface area contributed by atoms with Gasteiger partial charge >= 0.3 is 0 Å². The Morgan fingerprint density at radius 2 is 2.00 bits per heavy atom. The Morgan fingerprint density at radius 1 is 1.42 bits per heavy atom. The Kier molecular flexibility index (Phi) is 5.46. The highest BCUT2D eigenvalue weighted by molar-refractivity contribution is 9.10. The molecule has 4 heteroatoms. The summed E-state index contributed by atoms with van der Waals surface area (Å²) in [5.41, 5.74) is 6.30. The highest BCUT2D eigenvalue weighted by Crippen LogP contribution is 2.21. The van der Waals surface area contributed by atoms with E-state index in [4.69, 9.17) is 5.73 Å². The van der Waals surface area contributed by atoms with E-state index in [9.17, 15) is 4.39 Å². The number of hydrogen-bond acceptors (Lipinski definition) is 1. The summed E-state index contributed by atoms with van der Waals surface area (Å²) >= 11 is 3.29. The van der Waals surface area contributed by atoms with Crippen molar-refractivity contribution >= 4 is 28.3 Å². The molecule has 1 atom stereocenters.